The molecule has 2 aromatic carbocycles. The maximum atomic E-state index is 13.5. The van der Waals surface area contributed by atoms with Crippen molar-refractivity contribution >= 4 is 22.5 Å². The molecule has 1 atom stereocenters. The molecular formula is C20H16ClF3N2O. The largest absolute Gasteiger partial charge is 0.497 e. The highest BCUT2D eigenvalue weighted by Crippen LogP contribution is 2.42. The summed E-state index contributed by atoms with van der Waals surface area (Å²) < 4.78 is 47.4. The number of halogens is 4. The van der Waals surface area contributed by atoms with E-state index in [1.165, 1.54) is 13.2 Å². The molecule has 3 nitrogen and oxygen atoms in total. The second kappa shape index (κ2) is 7.16. The van der Waals surface area contributed by atoms with Gasteiger partial charge in [0.1, 0.15) is 5.75 Å². The van der Waals surface area contributed by atoms with E-state index in [9.17, 15) is 18.4 Å². The van der Waals surface area contributed by atoms with E-state index in [4.69, 9.17) is 16.3 Å². The molecule has 1 unspecified atom stereocenters. The third-order valence-electron chi connectivity index (χ3n) is 4.58. The summed E-state index contributed by atoms with van der Waals surface area (Å²) in [5.41, 5.74) is 1.87. The van der Waals surface area contributed by atoms with E-state index in [-0.39, 0.29) is 5.56 Å². The summed E-state index contributed by atoms with van der Waals surface area (Å²) in [6.45, 7) is 1.97. The molecular weight excluding hydrogens is 377 g/mol. The molecule has 0 radical (unpaired) electrons. The molecule has 0 fully saturated rings. The predicted octanol–water partition coefficient (Wildman–Crippen LogP) is 5.83. The molecule has 3 rings (SSSR count). The lowest BCUT2D eigenvalue weighted by Gasteiger charge is -2.15. The van der Waals surface area contributed by atoms with Crippen LogP contribution in [0.2, 0.25) is 5.02 Å². The Kier molecular flexibility index (Phi) is 5.07. The van der Waals surface area contributed by atoms with Gasteiger partial charge < -0.3 is 9.30 Å². The monoisotopic (exact) mass is 392 g/mol. The molecule has 0 saturated heterocycles. The van der Waals surface area contributed by atoms with Gasteiger partial charge in [0.2, 0.25) is 0 Å². The maximum absolute atomic E-state index is 13.5. The van der Waals surface area contributed by atoms with Crippen LogP contribution in [0, 0.1) is 18.3 Å². The van der Waals surface area contributed by atoms with Crippen molar-refractivity contribution in [2.24, 2.45) is 0 Å². The van der Waals surface area contributed by atoms with Gasteiger partial charge in [-0.2, -0.15) is 18.4 Å². The van der Waals surface area contributed by atoms with E-state index >= 15 is 0 Å². The number of alkyl halides is 3. The Labute approximate surface area is 159 Å². The molecule has 0 aliphatic carbocycles. The van der Waals surface area contributed by atoms with Gasteiger partial charge in [-0.3, -0.25) is 0 Å². The minimum Gasteiger partial charge on any atom is -0.497 e. The number of nitriles is 1. The minimum absolute atomic E-state index is 0.0344. The van der Waals surface area contributed by atoms with Crippen LogP contribution in [0.5, 0.6) is 5.75 Å². The third kappa shape index (κ3) is 3.60. The van der Waals surface area contributed by atoms with Gasteiger partial charge >= 0.3 is 6.18 Å². The highest BCUT2D eigenvalue weighted by atomic mass is 35.5. The van der Waals surface area contributed by atoms with E-state index in [0.29, 0.717) is 33.9 Å². The van der Waals surface area contributed by atoms with E-state index < -0.39 is 12.1 Å². The van der Waals surface area contributed by atoms with Crippen molar-refractivity contribution < 1.29 is 17.9 Å². The van der Waals surface area contributed by atoms with Crippen molar-refractivity contribution in [3.05, 3.63) is 64.3 Å². The normalized spacial score (nSPS) is 12.8. The Balaban J connectivity index is 2.24. The number of methoxy groups -OCH3 is 1. The first-order valence-corrected chi connectivity index (χ1v) is 8.51. The van der Waals surface area contributed by atoms with Crippen molar-refractivity contribution in [1.29, 1.82) is 5.26 Å². The summed E-state index contributed by atoms with van der Waals surface area (Å²) in [7, 11) is 1.45. The quantitative estimate of drug-likeness (QED) is 0.560. The van der Waals surface area contributed by atoms with Gasteiger partial charge in [-0.15, -0.1) is 0 Å². The van der Waals surface area contributed by atoms with Gasteiger partial charge in [0.05, 0.1) is 13.2 Å². The smallest absolute Gasteiger partial charge is 0.408 e. The first-order valence-electron chi connectivity index (χ1n) is 8.13. The van der Waals surface area contributed by atoms with Crippen LogP contribution in [0.15, 0.2) is 42.5 Å². The molecule has 1 aromatic heterocycles. The van der Waals surface area contributed by atoms with E-state index in [0.717, 1.165) is 5.56 Å². The summed E-state index contributed by atoms with van der Waals surface area (Å²) >= 11 is 5.91. The topological polar surface area (TPSA) is 37.9 Å². The lowest BCUT2D eigenvalue weighted by Crippen LogP contribution is -2.20. The Morgan fingerprint density at radius 3 is 2.41 bits per heavy atom. The molecule has 140 valence electrons. The first kappa shape index (κ1) is 19.1. The fraction of sp³-hybridized carbons (Fsp3) is 0.250. The van der Waals surface area contributed by atoms with Crippen molar-refractivity contribution in [3.63, 3.8) is 0 Å². The predicted molar refractivity (Wildman–Crippen MR) is 98.2 cm³/mol. The Morgan fingerprint density at radius 1 is 1.19 bits per heavy atom. The van der Waals surface area contributed by atoms with Crippen LogP contribution in [-0.4, -0.2) is 17.9 Å². The number of rotatable bonds is 4. The summed E-state index contributed by atoms with van der Waals surface area (Å²) in [4.78, 5) is 0. The zero-order valence-electron chi connectivity index (χ0n) is 14.6. The fourth-order valence-electron chi connectivity index (χ4n) is 3.26. The average molecular weight is 393 g/mol. The molecule has 0 saturated carbocycles. The third-order valence-corrected chi connectivity index (χ3v) is 4.83. The molecule has 0 spiro atoms. The van der Waals surface area contributed by atoms with Crippen molar-refractivity contribution in [2.45, 2.75) is 25.6 Å². The Morgan fingerprint density at radius 2 is 1.85 bits per heavy atom. The van der Waals surface area contributed by atoms with Crippen LogP contribution in [0.25, 0.3) is 10.9 Å². The van der Waals surface area contributed by atoms with Crippen molar-refractivity contribution in [2.75, 3.05) is 7.11 Å². The number of aromatic nitrogens is 1. The van der Waals surface area contributed by atoms with E-state index in [1.807, 2.05) is 12.1 Å². The van der Waals surface area contributed by atoms with Crippen LogP contribution in [0.3, 0.4) is 0 Å². The standard InChI is InChI=1S/C20H16ClF3N2O/c1-12-19(17(10-25)20(22,23)24)16-9-15(27-2)7-8-18(16)26(12)11-13-3-5-14(21)6-4-13/h3-9,17H,11H2,1-2H3. The van der Waals surface area contributed by atoms with E-state index in [1.54, 1.807) is 41.8 Å². The van der Waals surface area contributed by atoms with Gasteiger partial charge in [0, 0.05) is 33.7 Å². The van der Waals surface area contributed by atoms with Crippen LogP contribution in [0.1, 0.15) is 22.7 Å². The van der Waals surface area contributed by atoms with Crippen molar-refractivity contribution in [3.8, 4) is 11.8 Å². The molecule has 0 aliphatic rings. The number of hydrogen-bond acceptors (Lipinski definition) is 2. The summed E-state index contributed by atoms with van der Waals surface area (Å²) in [5, 5.41) is 10.2. The highest BCUT2D eigenvalue weighted by molar-refractivity contribution is 6.30. The molecule has 3 aromatic rings. The number of ether oxygens (including phenoxy) is 1. The van der Waals surface area contributed by atoms with Gasteiger partial charge in [0.25, 0.3) is 0 Å². The summed E-state index contributed by atoms with van der Waals surface area (Å²) in [6.07, 6.45) is -4.66. The second-order valence-electron chi connectivity index (χ2n) is 6.20. The van der Waals surface area contributed by atoms with Crippen LogP contribution >= 0.6 is 11.6 Å². The zero-order valence-corrected chi connectivity index (χ0v) is 15.4. The zero-order chi connectivity index (χ0) is 19.8. The molecule has 1 heterocycles. The average Bonchev–Trinajstić information content (AvgIpc) is 2.88. The molecule has 0 aliphatic heterocycles. The number of benzene rings is 2. The highest BCUT2D eigenvalue weighted by Gasteiger charge is 2.43. The van der Waals surface area contributed by atoms with Gasteiger partial charge in [-0.1, -0.05) is 23.7 Å². The molecule has 7 heteroatoms. The van der Waals surface area contributed by atoms with Crippen molar-refractivity contribution in [1.82, 2.24) is 4.57 Å². The summed E-state index contributed by atoms with van der Waals surface area (Å²) in [6, 6.07) is 13.5. The SMILES string of the molecule is COc1ccc2c(c1)c(C(C#N)C(F)(F)F)c(C)n2Cc1ccc(Cl)cc1. The Hall–Kier alpha value is -2.65. The maximum Gasteiger partial charge on any atom is 0.408 e. The fourth-order valence-corrected chi connectivity index (χ4v) is 3.38. The minimum atomic E-state index is -4.66. The van der Waals surface area contributed by atoms with Crippen LogP contribution in [0.4, 0.5) is 13.2 Å². The number of fused-ring (bicyclic) bond motifs is 1. The Bertz CT molecular complexity index is 1020. The van der Waals surface area contributed by atoms with Crippen LogP contribution < -0.4 is 4.74 Å². The number of nitrogens with zero attached hydrogens (tertiary/aromatic N) is 2. The molecule has 0 bridgehead atoms. The number of hydrogen-bond donors (Lipinski definition) is 0. The second-order valence-corrected chi connectivity index (χ2v) is 6.63. The lowest BCUT2D eigenvalue weighted by atomic mass is 9.96. The van der Waals surface area contributed by atoms with Gasteiger partial charge in [0.15, 0.2) is 5.92 Å². The summed E-state index contributed by atoms with van der Waals surface area (Å²) in [5.74, 6) is -1.77. The molecule has 0 N–H and O–H groups in total. The molecule has 27 heavy (non-hydrogen) atoms. The van der Waals surface area contributed by atoms with Gasteiger partial charge in [-0.05, 0) is 42.8 Å². The lowest BCUT2D eigenvalue weighted by molar-refractivity contribution is -0.137. The van der Waals surface area contributed by atoms with Crippen LogP contribution in [-0.2, 0) is 6.54 Å². The molecule has 0 amide bonds. The van der Waals surface area contributed by atoms with E-state index in [2.05, 4.69) is 0 Å². The van der Waals surface area contributed by atoms with Gasteiger partial charge in [-0.25, -0.2) is 0 Å². The first-order chi connectivity index (χ1) is 12.8.